The third-order valence-electron chi connectivity index (χ3n) is 4.40. The topological polar surface area (TPSA) is 59.6 Å². The van der Waals surface area contributed by atoms with Crippen molar-refractivity contribution in [3.8, 4) is 11.5 Å². The van der Waals surface area contributed by atoms with Crippen LogP contribution in [0, 0.1) is 11.8 Å². The van der Waals surface area contributed by atoms with E-state index in [-0.39, 0.29) is 18.3 Å². The highest BCUT2D eigenvalue weighted by Gasteiger charge is 2.21. The lowest BCUT2D eigenvalue weighted by atomic mass is 9.85. The van der Waals surface area contributed by atoms with Gasteiger partial charge in [-0.2, -0.15) is 0 Å². The Bertz CT molecular complexity index is 476. The number of carbonyl (C=O) groups is 1. The molecule has 0 bridgehead atoms. The molecular weight excluding hydrogens is 328 g/mol. The monoisotopic (exact) mass is 356 g/mol. The van der Waals surface area contributed by atoms with Crippen LogP contribution in [0.25, 0.3) is 0 Å². The van der Waals surface area contributed by atoms with E-state index in [4.69, 9.17) is 9.47 Å². The summed E-state index contributed by atoms with van der Waals surface area (Å²) in [5.41, 5.74) is 0. The lowest BCUT2D eigenvalue weighted by Gasteiger charge is -2.28. The molecule has 2 unspecified atom stereocenters. The summed E-state index contributed by atoms with van der Waals surface area (Å²) in [4.78, 5) is 12.0. The average molecular weight is 357 g/mol. The van der Waals surface area contributed by atoms with Gasteiger partial charge in [0.2, 0.25) is 5.91 Å². The second-order valence-electron chi connectivity index (χ2n) is 6.16. The Morgan fingerprint density at radius 1 is 1.33 bits per heavy atom. The number of carbonyl (C=O) groups excluding carboxylic acids is 1. The molecule has 2 rings (SSSR count). The predicted octanol–water partition coefficient (Wildman–Crippen LogP) is 2.64. The number of benzene rings is 1. The quantitative estimate of drug-likeness (QED) is 0.703. The standard InChI is InChI=1S/C18H28N2O3.ClH/c1-14(15-4-3-9-19-13-15)12-18(21)20-10-11-23-17-7-5-16(22-2)6-8-17;/h5-8,14-15,19H,3-4,9-13H2,1-2H3,(H,20,21);1H. The fraction of sp³-hybridized carbons (Fsp3) is 0.611. The Kier molecular flexibility index (Phi) is 9.57. The molecule has 1 aliphatic heterocycles. The number of rotatable bonds is 8. The van der Waals surface area contributed by atoms with Crippen LogP contribution in [-0.4, -0.2) is 39.3 Å². The Hall–Kier alpha value is -1.46. The van der Waals surface area contributed by atoms with Gasteiger partial charge in [0.25, 0.3) is 0 Å². The van der Waals surface area contributed by atoms with Crippen molar-refractivity contribution < 1.29 is 14.3 Å². The zero-order valence-electron chi connectivity index (χ0n) is 14.5. The minimum Gasteiger partial charge on any atom is -0.497 e. The van der Waals surface area contributed by atoms with Crippen LogP contribution in [0.3, 0.4) is 0 Å². The third kappa shape index (κ3) is 6.97. The van der Waals surface area contributed by atoms with Crippen molar-refractivity contribution in [3.05, 3.63) is 24.3 Å². The number of hydrogen-bond acceptors (Lipinski definition) is 4. The van der Waals surface area contributed by atoms with Gasteiger partial charge < -0.3 is 20.1 Å². The van der Waals surface area contributed by atoms with Crippen molar-refractivity contribution >= 4 is 18.3 Å². The maximum absolute atomic E-state index is 12.0. The Morgan fingerprint density at radius 3 is 2.67 bits per heavy atom. The summed E-state index contributed by atoms with van der Waals surface area (Å²) in [6.45, 7) is 5.32. The summed E-state index contributed by atoms with van der Waals surface area (Å²) in [7, 11) is 1.63. The van der Waals surface area contributed by atoms with Gasteiger partial charge in [0.05, 0.1) is 13.7 Å². The van der Waals surface area contributed by atoms with E-state index in [1.165, 1.54) is 12.8 Å². The number of piperidine rings is 1. The first-order valence-corrected chi connectivity index (χ1v) is 8.43. The van der Waals surface area contributed by atoms with Crippen molar-refractivity contribution in [2.75, 3.05) is 33.4 Å². The number of nitrogens with one attached hydrogen (secondary N) is 2. The van der Waals surface area contributed by atoms with Crippen molar-refractivity contribution in [2.24, 2.45) is 11.8 Å². The molecule has 1 aliphatic rings. The highest BCUT2D eigenvalue weighted by molar-refractivity contribution is 5.85. The molecule has 1 heterocycles. The minimum atomic E-state index is 0. The van der Waals surface area contributed by atoms with Crippen molar-refractivity contribution in [1.82, 2.24) is 10.6 Å². The summed E-state index contributed by atoms with van der Waals surface area (Å²) in [6, 6.07) is 7.43. The molecule has 136 valence electrons. The van der Waals surface area contributed by atoms with E-state index in [2.05, 4.69) is 17.6 Å². The second-order valence-corrected chi connectivity index (χ2v) is 6.16. The summed E-state index contributed by atoms with van der Waals surface area (Å²) in [5.74, 6) is 2.73. The Balaban J connectivity index is 0.00000288. The first-order valence-electron chi connectivity index (χ1n) is 8.43. The molecule has 1 saturated heterocycles. The van der Waals surface area contributed by atoms with Gasteiger partial charge in [-0.3, -0.25) is 4.79 Å². The lowest BCUT2D eigenvalue weighted by molar-refractivity contribution is -0.122. The molecule has 1 aromatic rings. The van der Waals surface area contributed by atoms with Crippen LogP contribution in [0.5, 0.6) is 11.5 Å². The molecule has 2 N–H and O–H groups in total. The highest BCUT2D eigenvalue weighted by Crippen LogP contribution is 2.22. The maximum atomic E-state index is 12.0. The van der Waals surface area contributed by atoms with Crippen LogP contribution in [-0.2, 0) is 4.79 Å². The van der Waals surface area contributed by atoms with Crippen molar-refractivity contribution in [1.29, 1.82) is 0 Å². The van der Waals surface area contributed by atoms with Crippen LogP contribution in [0.15, 0.2) is 24.3 Å². The SMILES string of the molecule is COc1ccc(OCCNC(=O)CC(C)C2CCCNC2)cc1.Cl. The third-order valence-corrected chi connectivity index (χ3v) is 4.40. The fourth-order valence-electron chi connectivity index (χ4n) is 2.93. The molecule has 0 aliphatic carbocycles. The van der Waals surface area contributed by atoms with Crippen molar-refractivity contribution in [2.45, 2.75) is 26.2 Å². The molecule has 0 aromatic heterocycles. The smallest absolute Gasteiger partial charge is 0.220 e. The number of methoxy groups -OCH3 is 1. The first-order chi connectivity index (χ1) is 11.2. The van der Waals surface area contributed by atoms with Gasteiger partial charge in [0.15, 0.2) is 0 Å². The summed E-state index contributed by atoms with van der Waals surface area (Å²) in [6.07, 6.45) is 3.03. The Morgan fingerprint density at radius 2 is 2.04 bits per heavy atom. The van der Waals surface area contributed by atoms with Gasteiger partial charge >= 0.3 is 0 Å². The molecule has 1 amide bonds. The van der Waals surface area contributed by atoms with Crippen LogP contribution >= 0.6 is 12.4 Å². The predicted molar refractivity (Wildman–Crippen MR) is 98.1 cm³/mol. The minimum absolute atomic E-state index is 0. The zero-order chi connectivity index (χ0) is 16.5. The second kappa shape index (κ2) is 11.2. The van der Waals surface area contributed by atoms with Gasteiger partial charge in [0.1, 0.15) is 18.1 Å². The summed E-state index contributed by atoms with van der Waals surface area (Å²) < 4.78 is 10.7. The number of hydrogen-bond donors (Lipinski definition) is 2. The van der Waals surface area contributed by atoms with Crippen LogP contribution in [0.2, 0.25) is 0 Å². The zero-order valence-corrected chi connectivity index (χ0v) is 15.4. The molecule has 0 spiro atoms. The van der Waals surface area contributed by atoms with Gasteiger partial charge in [-0.05, 0) is 62.0 Å². The van der Waals surface area contributed by atoms with E-state index in [0.29, 0.717) is 31.4 Å². The summed E-state index contributed by atoms with van der Waals surface area (Å²) in [5, 5.41) is 6.34. The van der Waals surface area contributed by atoms with E-state index in [1.54, 1.807) is 7.11 Å². The average Bonchev–Trinajstić information content (AvgIpc) is 2.60. The van der Waals surface area contributed by atoms with Gasteiger partial charge in [-0.25, -0.2) is 0 Å². The van der Waals surface area contributed by atoms with E-state index < -0.39 is 0 Å². The van der Waals surface area contributed by atoms with Crippen molar-refractivity contribution in [3.63, 3.8) is 0 Å². The van der Waals surface area contributed by atoms with E-state index >= 15 is 0 Å². The number of ether oxygens (including phenoxy) is 2. The fourth-order valence-corrected chi connectivity index (χ4v) is 2.93. The Labute approximate surface area is 150 Å². The van der Waals surface area contributed by atoms with Gasteiger partial charge in [-0.15, -0.1) is 12.4 Å². The molecule has 0 saturated carbocycles. The van der Waals surface area contributed by atoms with E-state index in [0.717, 1.165) is 24.6 Å². The van der Waals surface area contributed by atoms with Crippen LogP contribution in [0.4, 0.5) is 0 Å². The molecule has 24 heavy (non-hydrogen) atoms. The molecule has 0 radical (unpaired) electrons. The molecule has 1 fully saturated rings. The first kappa shape index (κ1) is 20.6. The van der Waals surface area contributed by atoms with Gasteiger partial charge in [0, 0.05) is 6.42 Å². The number of amides is 1. The molecule has 6 heteroatoms. The highest BCUT2D eigenvalue weighted by atomic mass is 35.5. The maximum Gasteiger partial charge on any atom is 0.220 e. The van der Waals surface area contributed by atoms with Crippen LogP contribution in [0.1, 0.15) is 26.2 Å². The number of halogens is 1. The van der Waals surface area contributed by atoms with E-state index in [9.17, 15) is 4.79 Å². The lowest BCUT2D eigenvalue weighted by Crippen LogP contribution is -2.36. The molecule has 1 aromatic carbocycles. The normalized spacial score (nSPS) is 18.2. The van der Waals surface area contributed by atoms with Gasteiger partial charge in [-0.1, -0.05) is 6.92 Å². The molecular formula is C18H29ClN2O3. The molecule has 5 nitrogen and oxygen atoms in total. The molecule has 2 atom stereocenters. The largest absolute Gasteiger partial charge is 0.497 e. The van der Waals surface area contributed by atoms with E-state index in [1.807, 2.05) is 24.3 Å². The van der Waals surface area contributed by atoms with Crippen LogP contribution < -0.4 is 20.1 Å². The summed E-state index contributed by atoms with van der Waals surface area (Å²) >= 11 is 0.